The third-order valence-electron chi connectivity index (χ3n) is 4.68. The van der Waals surface area contributed by atoms with Gasteiger partial charge in [0.05, 0.1) is 29.6 Å². The summed E-state index contributed by atoms with van der Waals surface area (Å²) < 4.78 is 13.6. The van der Waals surface area contributed by atoms with Crippen LogP contribution in [0.3, 0.4) is 0 Å². The van der Waals surface area contributed by atoms with E-state index in [1.165, 1.54) is 0 Å². The number of ether oxygens (including phenoxy) is 2. The number of hydrogen-bond acceptors (Lipinski definition) is 4. The fraction of sp³-hybridized carbons (Fsp3) is 0.130. The molecule has 1 heterocycles. The summed E-state index contributed by atoms with van der Waals surface area (Å²) in [6, 6.07) is 20.2. The summed E-state index contributed by atoms with van der Waals surface area (Å²) in [6.45, 7) is 0.592. The molecule has 4 rings (SSSR count). The first-order chi connectivity index (χ1) is 14.6. The highest BCUT2D eigenvalue weighted by Crippen LogP contribution is 2.28. The fourth-order valence-corrected chi connectivity index (χ4v) is 3.90. The van der Waals surface area contributed by atoms with Crippen LogP contribution in [-0.4, -0.2) is 23.3 Å². The van der Waals surface area contributed by atoms with E-state index in [9.17, 15) is 4.79 Å². The van der Waals surface area contributed by atoms with E-state index in [2.05, 4.69) is 15.9 Å². The second-order valence-electron chi connectivity index (χ2n) is 6.56. The molecule has 0 saturated heterocycles. The Morgan fingerprint density at radius 1 is 1.07 bits per heavy atom. The lowest BCUT2D eigenvalue weighted by Crippen LogP contribution is -2.26. The van der Waals surface area contributed by atoms with Gasteiger partial charge in [-0.1, -0.05) is 39.7 Å². The van der Waals surface area contributed by atoms with Crippen molar-refractivity contribution < 1.29 is 9.47 Å². The molecule has 3 aromatic carbocycles. The summed E-state index contributed by atoms with van der Waals surface area (Å²) in [7, 11) is 1.61. The van der Waals surface area contributed by atoms with Crippen LogP contribution in [0.4, 0.5) is 0 Å². The fourth-order valence-electron chi connectivity index (χ4n) is 3.18. The average Bonchev–Trinajstić information content (AvgIpc) is 2.76. The first-order valence-electron chi connectivity index (χ1n) is 9.28. The zero-order chi connectivity index (χ0) is 21.1. The highest BCUT2D eigenvalue weighted by atomic mass is 79.9. The van der Waals surface area contributed by atoms with Gasteiger partial charge in [-0.25, -0.2) is 4.98 Å². The van der Waals surface area contributed by atoms with Crippen LogP contribution >= 0.6 is 27.5 Å². The molecule has 0 aliphatic heterocycles. The van der Waals surface area contributed by atoms with E-state index in [0.29, 0.717) is 34.0 Å². The molecule has 152 valence electrons. The van der Waals surface area contributed by atoms with Gasteiger partial charge >= 0.3 is 0 Å². The normalized spacial score (nSPS) is 10.9. The Morgan fingerprint density at radius 3 is 2.57 bits per heavy atom. The molecular formula is C23H18BrClN2O3. The van der Waals surface area contributed by atoms with Crippen molar-refractivity contribution in [1.82, 2.24) is 9.55 Å². The molecule has 0 atom stereocenters. The van der Waals surface area contributed by atoms with E-state index in [1.807, 2.05) is 48.5 Å². The van der Waals surface area contributed by atoms with Crippen LogP contribution in [-0.2, 0) is 6.54 Å². The topological polar surface area (TPSA) is 53.3 Å². The van der Waals surface area contributed by atoms with Crippen LogP contribution in [0.2, 0.25) is 5.02 Å². The van der Waals surface area contributed by atoms with Gasteiger partial charge in [0.2, 0.25) is 0 Å². The van der Waals surface area contributed by atoms with E-state index < -0.39 is 0 Å². The molecule has 1 aromatic heterocycles. The van der Waals surface area contributed by atoms with Gasteiger partial charge in [0.15, 0.2) is 0 Å². The average molecular weight is 486 g/mol. The number of nitrogens with zero attached hydrogens (tertiary/aromatic N) is 2. The summed E-state index contributed by atoms with van der Waals surface area (Å²) in [6.07, 6.45) is 0. The molecule has 0 saturated carbocycles. The minimum atomic E-state index is -0.114. The van der Waals surface area contributed by atoms with Gasteiger partial charge in [-0.05, 0) is 54.6 Å². The van der Waals surface area contributed by atoms with Gasteiger partial charge < -0.3 is 9.47 Å². The van der Waals surface area contributed by atoms with Crippen molar-refractivity contribution in [3.05, 3.63) is 86.6 Å². The first kappa shape index (κ1) is 20.4. The summed E-state index contributed by atoms with van der Waals surface area (Å²) in [5.41, 5.74) is 1.36. The molecule has 0 radical (unpaired) electrons. The van der Waals surface area contributed by atoms with Gasteiger partial charge in [0.1, 0.15) is 23.9 Å². The molecule has 0 aliphatic carbocycles. The summed E-state index contributed by atoms with van der Waals surface area (Å²) in [4.78, 5) is 18.0. The lowest BCUT2D eigenvalue weighted by molar-refractivity contribution is 0.297. The molecule has 0 aliphatic rings. The smallest absolute Gasteiger partial charge is 0.261 e. The van der Waals surface area contributed by atoms with Crippen molar-refractivity contribution in [3.8, 4) is 22.9 Å². The second-order valence-corrected chi connectivity index (χ2v) is 7.88. The molecule has 0 amide bonds. The Labute approximate surface area is 187 Å². The Bertz CT molecular complexity index is 1260. The van der Waals surface area contributed by atoms with Crippen molar-refractivity contribution in [2.24, 2.45) is 0 Å². The van der Waals surface area contributed by atoms with Gasteiger partial charge in [-0.2, -0.15) is 0 Å². The Hall–Kier alpha value is -2.83. The van der Waals surface area contributed by atoms with Crippen LogP contribution in [0.5, 0.6) is 11.5 Å². The Kier molecular flexibility index (Phi) is 6.06. The third kappa shape index (κ3) is 4.20. The molecule has 0 spiro atoms. The van der Waals surface area contributed by atoms with Crippen molar-refractivity contribution in [1.29, 1.82) is 0 Å². The number of hydrogen-bond donors (Lipinski definition) is 0. The van der Waals surface area contributed by atoms with E-state index in [-0.39, 0.29) is 12.2 Å². The minimum Gasteiger partial charge on any atom is -0.497 e. The second kappa shape index (κ2) is 8.90. The highest BCUT2D eigenvalue weighted by molar-refractivity contribution is 9.10. The van der Waals surface area contributed by atoms with Crippen LogP contribution in [0.25, 0.3) is 22.3 Å². The number of fused-ring (bicyclic) bond motifs is 1. The highest BCUT2D eigenvalue weighted by Gasteiger charge is 2.13. The molecule has 0 unspecified atom stereocenters. The van der Waals surface area contributed by atoms with E-state index in [4.69, 9.17) is 26.1 Å². The van der Waals surface area contributed by atoms with E-state index >= 15 is 0 Å². The number of para-hydroxylation sites is 1. The molecule has 7 heteroatoms. The summed E-state index contributed by atoms with van der Waals surface area (Å²) in [5.74, 6) is 1.88. The summed E-state index contributed by atoms with van der Waals surface area (Å²) >= 11 is 9.61. The number of aromatic nitrogens is 2. The maximum absolute atomic E-state index is 13.2. The quantitative estimate of drug-likeness (QED) is 0.358. The zero-order valence-electron chi connectivity index (χ0n) is 16.1. The first-order valence-corrected chi connectivity index (χ1v) is 10.5. The van der Waals surface area contributed by atoms with Gasteiger partial charge in [-0.3, -0.25) is 9.36 Å². The van der Waals surface area contributed by atoms with E-state index in [0.717, 1.165) is 15.8 Å². The SMILES string of the molecule is COc1ccc(-c2nc3ccccc3c(=O)n2CCOc2ccc(Br)cc2Cl)cc1. The van der Waals surface area contributed by atoms with Gasteiger partial charge in [0.25, 0.3) is 5.56 Å². The Balaban J connectivity index is 1.71. The zero-order valence-corrected chi connectivity index (χ0v) is 18.5. The monoisotopic (exact) mass is 484 g/mol. The Morgan fingerprint density at radius 2 is 1.83 bits per heavy atom. The van der Waals surface area contributed by atoms with Crippen molar-refractivity contribution >= 4 is 38.4 Å². The number of halogens is 2. The molecule has 4 aromatic rings. The molecule has 30 heavy (non-hydrogen) atoms. The van der Waals surface area contributed by atoms with Crippen LogP contribution in [0, 0.1) is 0 Å². The van der Waals surface area contributed by atoms with Gasteiger partial charge in [0, 0.05) is 10.0 Å². The largest absolute Gasteiger partial charge is 0.497 e. The molecule has 0 fully saturated rings. The number of benzene rings is 3. The maximum atomic E-state index is 13.2. The van der Waals surface area contributed by atoms with Crippen LogP contribution in [0.1, 0.15) is 0 Å². The van der Waals surface area contributed by atoms with Crippen LogP contribution in [0.15, 0.2) is 76.0 Å². The summed E-state index contributed by atoms with van der Waals surface area (Å²) in [5, 5.41) is 1.07. The minimum absolute atomic E-state index is 0.114. The maximum Gasteiger partial charge on any atom is 0.261 e. The van der Waals surface area contributed by atoms with Crippen LogP contribution < -0.4 is 15.0 Å². The molecule has 0 N–H and O–H groups in total. The predicted molar refractivity (Wildman–Crippen MR) is 123 cm³/mol. The lowest BCUT2D eigenvalue weighted by Gasteiger charge is -2.15. The standard InChI is InChI=1S/C23H18BrClN2O3/c1-29-17-9-6-15(7-10-17)22-26-20-5-3-2-4-18(20)23(28)27(22)12-13-30-21-11-8-16(24)14-19(21)25/h2-11,14H,12-13H2,1H3. The third-order valence-corrected chi connectivity index (χ3v) is 5.46. The van der Waals surface area contributed by atoms with E-state index in [1.54, 1.807) is 29.9 Å². The van der Waals surface area contributed by atoms with Crippen molar-refractivity contribution in [2.75, 3.05) is 13.7 Å². The van der Waals surface area contributed by atoms with Gasteiger partial charge in [-0.15, -0.1) is 0 Å². The number of rotatable bonds is 6. The van der Waals surface area contributed by atoms with Crippen molar-refractivity contribution in [2.45, 2.75) is 6.54 Å². The number of methoxy groups -OCH3 is 1. The predicted octanol–water partition coefficient (Wildman–Crippen LogP) is 5.57. The molecule has 5 nitrogen and oxygen atoms in total. The molecular weight excluding hydrogens is 468 g/mol. The van der Waals surface area contributed by atoms with Crippen molar-refractivity contribution in [3.63, 3.8) is 0 Å². The lowest BCUT2D eigenvalue weighted by atomic mass is 10.1. The molecule has 0 bridgehead atoms.